The minimum absolute atomic E-state index is 0.282. The largest absolute Gasteiger partial charge is 0.390 e. The molecule has 1 rings (SSSR count). The third-order valence-corrected chi connectivity index (χ3v) is 1.98. The topological polar surface area (TPSA) is 32.3 Å². The molecule has 54 valence electrons. The second-order valence-electron chi connectivity index (χ2n) is 3.27. The van der Waals surface area contributed by atoms with Crippen molar-refractivity contribution >= 4 is 0 Å². The summed E-state index contributed by atoms with van der Waals surface area (Å²) in [5.74, 6) is 0.282. The Bertz CT molecular complexity index is 121. The standard InChI is InChI=1S/C7H15NO/c1-7(2,9)6-3-4-8-5-6/h6,8-9H,3-5H2,1-2H3/i/hD. The maximum absolute atomic E-state index is 9.53. The molecule has 1 unspecified atom stereocenters. The summed E-state index contributed by atoms with van der Waals surface area (Å²) in [5.41, 5.74) is -0.601. The molecule has 1 saturated heterocycles. The number of nitrogens with one attached hydrogen (secondary N) is 1. The van der Waals surface area contributed by atoms with Gasteiger partial charge in [0, 0.05) is 12.5 Å². The average Bonchev–Trinajstić information content (AvgIpc) is 2.11. The SMILES string of the molecule is [2H]N1CCC(C(C)(C)O)C1. The second kappa shape index (κ2) is 2.27. The molecule has 0 amide bonds. The minimum Gasteiger partial charge on any atom is -0.390 e. The van der Waals surface area contributed by atoms with Gasteiger partial charge < -0.3 is 10.4 Å². The Kier molecular flexibility index (Phi) is 1.44. The summed E-state index contributed by atoms with van der Waals surface area (Å²) < 4.78 is 7.26. The molecule has 1 fully saturated rings. The van der Waals surface area contributed by atoms with E-state index >= 15 is 0 Å². The van der Waals surface area contributed by atoms with Crippen molar-refractivity contribution in [3.8, 4) is 0 Å². The molecule has 0 aliphatic carbocycles. The Morgan fingerprint density at radius 3 is 2.67 bits per heavy atom. The van der Waals surface area contributed by atoms with E-state index in [1.807, 2.05) is 13.8 Å². The van der Waals surface area contributed by atoms with Gasteiger partial charge in [0.15, 0.2) is 0 Å². The van der Waals surface area contributed by atoms with Crippen molar-refractivity contribution in [3.05, 3.63) is 0 Å². The van der Waals surface area contributed by atoms with Crippen LogP contribution in [0.4, 0.5) is 0 Å². The van der Waals surface area contributed by atoms with Gasteiger partial charge in [0.25, 0.3) is 0 Å². The molecule has 2 N–H and O–H groups in total. The van der Waals surface area contributed by atoms with Crippen LogP contribution >= 0.6 is 0 Å². The van der Waals surface area contributed by atoms with E-state index in [1.54, 1.807) is 0 Å². The van der Waals surface area contributed by atoms with Gasteiger partial charge in [-0.25, -0.2) is 0 Å². The number of hydrogen-bond acceptors (Lipinski definition) is 2. The van der Waals surface area contributed by atoms with E-state index in [0.717, 1.165) is 13.0 Å². The zero-order valence-electron chi connectivity index (χ0n) is 7.09. The van der Waals surface area contributed by atoms with Crippen LogP contribution in [-0.2, 0) is 0 Å². The van der Waals surface area contributed by atoms with Gasteiger partial charge in [0.1, 0.15) is 1.41 Å². The van der Waals surface area contributed by atoms with E-state index in [4.69, 9.17) is 1.41 Å². The third kappa shape index (κ3) is 1.66. The molecular weight excluding hydrogens is 114 g/mol. The molecule has 0 spiro atoms. The fourth-order valence-corrected chi connectivity index (χ4v) is 1.16. The van der Waals surface area contributed by atoms with Gasteiger partial charge in [-0.05, 0) is 26.8 Å². The second-order valence-corrected chi connectivity index (χ2v) is 3.27. The fourth-order valence-electron chi connectivity index (χ4n) is 1.16. The zero-order valence-corrected chi connectivity index (χ0v) is 6.09. The van der Waals surface area contributed by atoms with Gasteiger partial charge in [-0.3, -0.25) is 0 Å². The van der Waals surface area contributed by atoms with Gasteiger partial charge in [-0.1, -0.05) is 0 Å². The first-order chi connectivity index (χ1) is 4.50. The lowest BCUT2D eigenvalue weighted by Crippen LogP contribution is -2.32. The number of hydrogen-bond donors (Lipinski definition) is 2. The predicted octanol–water partition coefficient (Wildman–Crippen LogP) is 0.367. The summed E-state index contributed by atoms with van der Waals surface area (Å²) in [4.78, 5) is 0. The van der Waals surface area contributed by atoms with E-state index < -0.39 is 5.60 Å². The van der Waals surface area contributed by atoms with Crippen molar-refractivity contribution in [2.75, 3.05) is 13.1 Å². The Morgan fingerprint density at radius 2 is 2.44 bits per heavy atom. The molecule has 1 aliphatic rings. The van der Waals surface area contributed by atoms with Crippen molar-refractivity contribution in [3.63, 3.8) is 0 Å². The highest BCUT2D eigenvalue weighted by Crippen LogP contribution is 2.21. The van der Waals surface area contributed by atoms with Crippen LogP contribution in [0.2, 0.25) is 1.41 Å². The summed E-state index contributed by atoms with van der Waals surface area (Å²) in [6, 6.07) is 0. The fraction of sp³-hybridized carbons (Fsp3) is 1.00. The summed E-state index contributed by atoms with van der Waals surface area (Å²) in [6.07, 6.45) is 0.951. The van der Waals surface area contributed by atoms with E-state index in [9.17, 15) is 5.11 Å². The molecule has 0 saturated carbocycles. The predicted molar refractivity (Wildman–Crippen MR) is 37.3 cm³/mol. The van der Waals surface area contributed by atoms with Crippen LogP contribution in [0.5, 0.6) is 0 Å². The normalized spacial score (nSPS) is 32.8. The average molecular weight is 130 g/mol. The first-order valence-electron chi connectivity index (χ1n) is 3.91. The van der Waals surface area contributed by atoms with Crippen LogP contribution in [0.25, 0.3) is 0 Å². The maximum Gasteiger partial charge on any atom is 0.122 e. The zero-order chi connectivity index (χ0) is 7.78. The summed E-state index contributed by atoms with van der Waals surface area (Å²) >= 11 is 0. The molecule has 2 nitrogen and oxygen atoms in total. The first-order valence-corrected chi connectivity index (χ1v) is 3.46. The molecule has 0 aromatic heterocycles. The lowest BCUT2D eigenvalue weighted by atomic mass is 9.91. The van der Waals surface area contributed by atoms with E-state index in [0.29, 0.717) is 6.54 Å². The van der Waals surface area contributed by atoms with Crippen LogP contribution in [0.1, 0.15) is 20.3 Å². The van der Waals surface area contributed by atoms with Crippen LogP contribution in [-0.4, -0.2) is 23.8 Å². The van der Waals surface area contributed by atoms with Gasteiger partial charge in [-0.15, -0.1) is 0 Å². The summed E-state index contributed by atoms with van der Waals surface area (Å²) in [6.45, 7) is 5.14. The monoisotopic (exact) mass is 130 g/mol. The maximum atomic E-state index is 9.53. The van der Waals surface area contributed by atoms with Crippen molar-refractivity contribution in [2.24, 2.45) is 5.92 Å². The molecule has 0 bridgehead atoms. The highest BCUT2D eigenvalue weighted by molar-refractivity contribution is 4.83. The van der Waals surface area contributed by atoms with Crippen LogP contribution in [0, 0.1) is 5.92 Å². The summed E-state index contributed by atoms with van der Waals surface area (Å²) in [7, 11) is 0. The molecule has 1 atom stereocenters. The molecular formula is C7H15NO. The molecule has 1 aliphatic heterocycles. The van der Waals surface area contributed by atoms with E-state index in [1.165, 1.54) is 5.31 Å². The Hall–Kier alpha value is -0.0800. The highest BCUT2D eigenvalue weighted by atomic mass is 16.3. The molecule has 1 heterocycles. The Morgan fingerprint density at radius 1 is 1.78 bits per heavy atom. The van der Waals surface area contributed by atoms with Crippen molar-refractivity contribution in [1.82, 2.24) is 5.31 Å². The van der Waals surface area contributed by atoms with Gasteiger partial charge in [-0.2, -0.15) is 0 Å². The summed E-state index contributed by atoms with van der Waals surface area (Å²) in [5, 5.41) is 11.0. The first kappa shape index (κ1) is 5.69. The smallest absolute Gasteiger partial charge is 0.122 e. The number of rotatable bonds is 1. The van der Waals surface area contributed by atoms with Gasteiger partial charge in [0.2, 0.25) is 0 Å². The molecule has 0 radical (unpaired) electrons. The van der Waals surface area contributed by atoms with Crippen LogP contribution < -0.4 is 5.31 Å². The lowest BCUT2D eigenvalue weighted by molar-refractivity contribution is 0.0256. The van der Waals surface area contributed by atoms with Crippen molar-refractivity contribution in [2.45, 2.75) is 25.9 Å². The molecule has 0 aromatic carbocycles. The van der Waals surface area contributed by atoms with Crippen LogP contribution in [0.3, 0.4) is 0 Å². The van der Waals surface area contributed by atoms with E-state index in [2.05, 4.69) is 0 Å². The Labute approximate surface area is 57.7 Å². The lowest BCUT2D eigenvalue weighted by Gasteiger charge is -2.23. The van der Waals surface area contributed by atoms with E-state index in [-0.39, 0.29) is 5.92 Å². The van der Waals surface area contributed by atoms with Gasteiger partial charge >= 0.3 is 0 Å². The minimum atomic E-state index is -0.601. The van der Waals surface area contributed by atoms with Crippen molar-refractivity contribution in [1.29, 1.82) is 0 Å². The Balaban J connectivity index is 2.45. The van der Waals surface area contributed by atoms with Gasteiger partial charge in [0.05, 0.1) is 5.60 Å². The van der Waals surface area contributed by atoms with Crippen LogP contribution in [0.15, 0.2) is 0 Å². The molecule has 2 heteroatoms. The number of aliphatic hydroxyl groups is 1. The van der Waals surface area contributed by atoms with Crippen molar-refractivity contribution < 1.29 is 6.52 Å². The quantitative estimate of drug-likeness (QED) is 0.537. The molecule has 9 heavy (non-hydrogen) atoms. The third-order valence-electron chi connectivity index (χ3n) is 1.98. The molecule has 0 aromatic rings. The highest BCUT2D eigenvalue weighted by Gasteiger charge is 2.28.